The summed E-state index contributed by atoms with van der Waals surface area (Å²) in [5.41, 5.74) is 5.64. The Labute approximate surface area is 111 Å². The zero-order valence-corrected chi connectivity index (χ0v) is 11.6. The summed E-state index contributed by atoms with van der Waals surface area (Å²) in [7, 11) is 3.11. The summed E-state index contributed by atoms with van der Waals surface area (Å²) in [6.45, 7) is 1.89. The van der Waals surface area contributed by atoms with E-state index in [1.165, 1.54) is 9.80 Å². The SMILES string of the molecule is CCC(N)C(N1CCCC1C(=O)N(C)C)C(F)(F)F. The maximum absolute atomic E-state index is 13.2. The number of carbonyl (C=O) groups is 1. The zero-order chi connectivity index (χ0) is 14.8. The molecule has 1 aliphatic rings. The van der Waals surface area contributed by atoms with Crippen molar-refractivity contribution < 1.29 is 18.0 Å². The Morgan fingerprint density at radius 2 is 2.05 bits per heavy atom. The number of nitrogens with two attached hydrogens (primary N) is 1. The van der Waals surface area contributed by atoms with Gasteiger partial charge in [-0.25, -0.2) is 0 Å². The maximum atomic E-state index is 13.2. The Morgan fingerprint density at radius 3 is 2.47 bits per heavy atom. The van der Waals surface area contributed by atoms with E-state index in [0.717, 1.165) is 0 Å². The number of rotatable bonds is 4. The third-order valence-corrected chi connectivity index (χ3v) is 3.59. The van der Waals surface area contributed by atoms with E-state index in [-0.39, 0.29) is 18.9 Å². The van der Waals surface area contributed by atoms with E-state index >= 15 is 0 Å². The Kier molecular flexibility index (Phi) is 5.20. The molecule has 0 spiro atoms. The van der Waals surface area contributed by atoms with E-state index in [0.29, 0.717) is 12.8 Å². The Hall–Kier alpha value is -0.820. The summed E-state index contributed by atoms with van der Waals surface area (Å²) in [4.78, 5) is 14.5. The van der Waals surface area contributed by atoms with E-state index < -0.39 is 24.3 Å². The van der Waals surface area contributed by atoms with Gasteiger partial charge in [-0.05, 0) is 25.8 Å². The van der Waals surface area contributed by atoms with Crippen LogP contribution in [0.25, 0.3) is 0 Å². The molecule has 1 fully saturated rings. The zero-order valence-electron chi connectivity index (χ0n) is 11.6. The van der Waals surface area contributed by atoms with Gasteiger partial charge >= 0.3 is 6.18 Å². The minimum atomic E-state index is -4.41. The van der Waals surface area contributed by atoms with Crippen molar-refractivity contribution >= 4 is 5.91 Å². The molecule has 112 valence electrons. The van der Waals surface area contributed by atoms with Crippen LogP contribution >= 0.6 is 0 Å². The normalized spacial score (nSPS) is 24.3. The average Bonchev–Trinajstić information content (AvgIpc) is 2.74. The quantitative estimate of drug-likeness (QED) is 0.842. The van der Waals surface area contributed by atoms with Crippen LogP contribution in [0, 0.1) is 0 Å². The first-order valence-corrected chi connectivity index (χ1v) is 6.49. The van der Waals surface area contributed by atoms with Crippen LogP contribution in [0.5, 0.6) is 0 Å². The molecule has 0 aromatic rings. The number of hydrogen-bond donors (Lipinski definition) is 1. The number of likely N-dealkylation sites (N-methyl/N-ethyl adjacent to an activating group) is 1. The van der Waals surface area contributed by atoms with Gasteiger partial charge in [-0.3, -0.25) is 9.69 Å². The molecule has 0 radical (unpaired) electrons. The van der Waals surface area contributed by atoms with E-state index in [9.17, 15) is 18.0 Å². The molecule has 1 aliphatic heterocycles. The second kappa shape index (κ2) is 6.09. The fourth-order valence-corrected chi connectivity index (χ4v) is 2.59. The van der Waals surface area contributed by atoms with Crippen molar-refractivity contribution in [2.45, 2.75) is 50.5 Å². The lowest BCUT2D eigenvalue weighted by Gasteiger charge is -2.37. The molecule has 3 atom stereocenters. The monoisotopic (exact) mass is 281 g/mol. The van der Waals surface area contributed by atoms with Crippen LogP contribution in [-0.4, -0.2) is 60.6 Å². The van der Waals surface area contributed by atoms with Crippen molar-refractivity contribution in [3.05, 3.63) is 0 Å². The van der Waals surface area contributed by atoms with Crippen molar-refractivity contribution in [3.8, 4) is 0 Å². The highest BCUT2D eigenvalue weighted by Crippen LogP contribution is 2.33. The molecule has 0 aliphatic carbocycles. The lowest BCUT2D eigenvalue weighted by Crippen LogP contribution is -2.59. The Bertz CT molecular complexity index is 320. The van der Waals surface area contributed by atoms with Gasteiger partial charge in [0.2, 0.25) is 5.91 Å². The third kappa shape index (κ3) is 3.60. The minimum absolute atomic E-state index is 0.226. The molecule has 3 unspecified atom stereocenters. The van der Waals surface area contributed by atoms with Gasteiger partial charge in [-0.15, -0.1) is 0 Å². The summed E-state index contributed by atoms with van der Waals surface area (Å²) in [6.07, 6.45) is -3.14. The fourth-order valence-electron chi connectivity index (χ4n) is 2.59. The van der Waals surface area contributed by atoms with Gasteiger partial charge in [0.1, 0.15) is 6.04 Å². The van der Waals surface area contributed by atoms with Gasteiger partial charge in [0, 0.05) is 20.1 Å². The summed E-state index contributed by atoms with van der Waals surface area (Å²) in [5.74, 6) is -0.282. The first kappa shape index (κ1) is 16.2. The highest BCUT2D eigenvalue weighted by molar-refractivity contribution is 5.81. The van der Waals surface area contributed by atoms with Crippen LogP contribution in [0.3, 0.4) is 0 Å². The molecule has 1 heterocycles. The first-order valence-electron chi connectivity index (χ1n) is 6.49. The van der Waals surface area contributed by atoms with Crippen molar-refractivity contribution in [2.24, 2.45) is 5.73 Å². The van der Waals surface area contributed by atoms with Crippen LogP contribution in [0.1, 0.15) is 26.2 Å². The lowest BCUT2D eigenvalue weighted by atomic mass is 10.0. The van der Waals surface area contributed by atoms with Crippen molar-refractivity contribution in [3.63, 3.8) is 0 Å². The largest absolute Gasteiger partial charge is 0.405 e. The molecule has 1 rings (SSSR count). The Balaban J connectivity index is 2.98. The summed E-state index contributed by atoms with van der Waals surface area (Å²) < 4.78 is 39.6. The van der Waals surface area contributed by atoms with E-state index in [1.54, 1.807) is 21.0 Å². The van der Waals surface area contributed by atoms with Crippen LogP contribution in [0.15, 0.2) is 0 Å². The molecule has 2 N–H and O–H groups in total. The van der Waals surface area contributed by atoms with Gasteiger partial charge in [-0.2, -0.15) is 13.2 Å². The topological polar surface area (TPSA) is 49.6 Å². The number of halogens is 3. The summed E-state index contributed by atoms with van der Waals surface area (Å²) in [6, 6.07) is -3.45. The molecular formula is C12H22F3N3O. The molecular weight excluding hydrogens is 259 g/mol. The van der Waals surface area contributed by atoms with Gasteiger partial charge in [0.15, 0.2) is 0 Å². The van der Waals surface area contributed by atoms with Crippen molar-refractivity contribution in [1.29, 1.82) is 0 Å². The predicted octanol–water partition coefficient (Wildman–Crippen LogP) is 1.21. The standard InChI is InChI=1S/C12H22F3N3O/c1-4-8(16)10(12(13,14)15)18-7-5-6-9(18)11(19)17(2)3/h8-10H,4-7,16H2,1-3H3. The molecule has 19 heavy (non-hydrogen) atoms. The Morgan fingerprint density at radius 1 is 1.47 bits per heavy atom. The smallest absolute Gasteiger partial charge is 0.347 e. The number of nitrogens with zero attached hydrogens (tertiary/aromatic N) is 2. The third-order valence-electron chi connectivity index (χ3n) is 3.59. The first-order chi connectivity index (χ1) is 8.70. The highest BCUT2D eigenvalue weighted by Gasteiger charge is 2.51. The van der Waals surface area contributed by atoms with E-state index in [1.807, 2.05) is 0 Å². The van der Waals surface area contributed by atoms with Crippen LogP contribution in [0.4, 0.5) is 13.2 Å². The molecule has 1 saturated heterocycles. The second-order valence-corrected chi connectivity index (χ2v) is 5.19. The van der Waals surface area contributed by atoms with Crippen LogP contribution in [-0.2, 0) is 4.79 Å². The predicted molar refractivity (Wildman–Crippen MR) is 66.5 cm³/mol. The van der Waals surface area contributed by atoms with Gasteiger partial charge in [0.25, 0.3) is 0 Å². The highest BCUT2D eigenvalue weighted by atomic mass is 19.4. The van der Waals surface area contributed by atoms with Crippen LogP contribution < -0.4 is 5.73 Å². The van der Waals surface area contributed by atoms with Gasteiger partial charge < -0.3 is 10.6 Å². The summed E-state index contributed by atoms with van der Waals surface area (Å²) in [5, 5.41) is 0. The van der Waals surface area contributed by atoms with E-state index in [2.05, 4.69) is 0 Å². The van der Waals surface area contributed by atoms with Crippen molar-refractivity contribution in [2.75, 3.05) is 20.6 Å². The van der Waals surface area contributed by atoms with Gasteiger partial charge in [-0.1, -0.05) is 6.92 Å². The van der Waals surface area contributed by atoms with Crippen LogP contribution in [0.2, 0.25) is 0 Å². The number of hydrogen-bond acceptors (Lipinski definition) is 3. The lowest BCUT2D eigenvalue weighted by molar-refractivity contribution is -0.193. The molecule has 0 aromatic carbocycles. The van der Waals surface area contributed by atoms with Gasteiger partial charge in [0.05, 0.1) is 6.04 Å². The van der Waals surface area contributed by atoms with E-state index in [4.69, 9.17) is 5.73 Å². The molecule has 4 nitrogen and oxygen atoms in total. The maximum Gasteiger partial charge on any atom is 0.405 e. The number of alkyl halides is 3. The number of likely N-dealkylation sites (tertiary alicyclic amines) is 1. The van der Waals surface area contributed by atoms with Crippen molar-refractivity contribution in [1.82, 2.24) is 9.80 Å². The minimum Gasteiger partial charge on any atom is -0.347 e. The molecule has 7 heteroatoms. The fraction of sp³-hybridized carbons (Fsp3) is 0.917. The average molecular weight is 281 g/mol. The summed E-state index contributed by atoms with van der Waals surface area (Å²) >= 11 is 0. The molecule has 1 amide bonds. The number of carbonyl (C=O) groups excluding carboxylic acids is 1. The number of amides is 1. The molecule has 0 saturated carbocycles. The second-order valence-electron chi connectivity index (χ2n) is 5.19. The molecule has 0 aromatic heterocycles. The molecule has 0 bridgehead atoms.